The second-order valence-electron chi connectivity index (χ2n) is 4.09. The quantitative estimate of drug-likeness (QED) is 0.662. The minimum Gasteiger partial charge on any atom is -0.469 e. The van der Waals surface area contributed by atoms with Crippen molar-refractivity contribution in [3.8, 4) is 0 Å². The summed E-state index contributed by atoms with van der Waals surface area (Å²) in [5.41, 5.74) is 4.16. The molecule has 0 spiro atoms. The Bertz CT molecular complexity index is 542. The Morgan fingerprint density at radius 1 is 1.44 bits per heavy atom. The van der Waals surface area contributed by atoms with Crippen LogP contribution in [0.4, 0.5) is 4.39 Å². The largest absolute Gasteiger partial charge is 0.469 e. The predicted octanol–water partition coefficient (Wildman–Crippen LogP) is 3.13. The molecule has 18 heavy (non-hydrogen) atoms. The van der Waals surface area contributed by atoms with Crippen LogP contribution in [0.1, 0.15) is 22.9 Å². The SMILES string of the molecule is Cc1occc1C(Cc1ccc(Cl)cc1F)NN. The average molecular weight is 269 g/mol. The zero-order valence-electron chi connectivity index (χ0n) is 9.91. The first-order valence-corrected chi connectivity index (χ1v) is 5.93. The first-order valence-electron chi connectivity index (χ1n) is 5.56. The summed E-state index contributed by atoms with van der Waals surface area (Å²) in [5.74, 6) is 5.96. The van der Waals surface area contributed by atoms with Crippen LogP contribution in [0, 0.1) is 12.7 Å². The van der Waals surface area contributed by atoms with Gasteiger partial charge in [0.2, 0.25) is 0 Å². The van der Waals surface area contributed by atoms with E-state index in [0.29, 0.717) is 17.0 Å². The van der Waals surface area contributed by atoms with Crippen LogP contribution in [0.15, 0.2) is 34.9 Å². The summed E-state index contributed by atoms with van der Waals surface area (Å²) in [6, 6.07) is 6.26. The summed E-state index contributed by atoms with van der Waals surface area (Å²) in [6.45, 7) is 1.85. The molecule has 5 heteroatoms. The summed E-state index contributed by atoms with van der Waals surface area (Å²) in [6.07, 6.45) is 2.02. The van der Waals surface area contributed by atoms with Gasteiger partial charge in [0.25, 0.3) is 0 Å². The number of furan rings is 1. The number of hydrogen-bond acceptors (Lipinski definition) is 3. The van der Waals surface area contributed by atoms with Gasteiger partial charge in [-0.3, -0.25) is 11.3 Å². The van der Waals surface area contributed by atoms with Crippen molar-refractivity contribution in [1.29, 1.82) is 0 Å². The van der Waals surface area contributed by atoms with Crippen molar-refractivity contribution >= 4 is 11.6 Å². The van der Waals surface area contributed by atoms with Gasteiger partial charge in [-0.1, -0.05) is 17.7 Å². The van der Waals surface area contributed by atoms with Crippen molar-refractivity contribution < 1.29 is 8.81 Å². The minimum atomic E-state index is -0.330. The van der Waals surface area contributed by atoms with E-state index in [-0.39, 0.29) is 11.9 Å². The number of hydrogen-bond donors (Lipinski definition) is 2. The smallest absolute Gasteiger partial charge is 0.127 e. The Hall–Kier alpha value is -1.36. The molecule has 1 atom stereocenters. The van der Waals surface area contributed by atoms with E-state index in [9.17, 15) is 4.39 Å². The van der Waals surface area contributed by atoms with Gasteiger partial charge >= 0.3 is 0 Å². The molecule has 0 bridgehead atoms. The van der Waals surface area contributed by atoms with Crippen LogP contribution < -0.4 is 11.3 Å². The number of benzene rings is 1. The van der Waals surface area contributed by atoms with E-state index in [0.717, 1.165) is 11.3 Å². The third kappa shape index (κ3) is 2.72. The fourth-order valence-electron chi connectivity index (χ4n) is 1.92. The Kier molecular flexibility index (Phi) is 4.01. The fraction of sp³-hybridized carbons (Fsp3) is 0.231. The maximum absolute atomic E-state index is 13.7. The van der Waals surface area contributed by atoms with Gasteiger partial charge in [0, 0.05) is 10.6 Å². The Morgan fingerprint density at radius 3 is 2.78 bits per heavy atom. The number of nitrogens with one attached hydrogen (secondary N) is 1. The molecule has 3 nitrogen and oxygen atoms in total. The highest BCUT2D eigenvalue weighted by Crippen LogP contribution is 2.24. The van der Waals surface area contributed by atoms with Gasteiger partial charge < -0.3 is 4.42 Å². The van der Waals surface area contributed by atoms with E-state index in [1.807, 2.05) is 13.0 Å². The van der Waals surface area contributed by atoms with Crippen LogP contribution in [-0.2, 0) is 6.42 Å². The molecule has 0 aliphatic heterocycles. The van der Waals surface area contributed by atoms with Crippen LogP contribution in [0.3, 0.4) is 0 Å². The first-order chi connectivity index (χ1) is 8.61. The van der Waals surface area contributed by atoms with E-state index < -0.39 is 0 Å². The average Bonchev–Trinajstić information content (AvgIpc) is 2.75. The van der Waals surface area contributed by atoms with Crippen molar-refractivity contribution in [2.45, 2.75) is 19.4 Å². The second kappa shape index (κ2) is 5.52. The van der Waals surface area contributed by atoms with Gasteiger partial charge in [-0.2, -0.15) is 0 Å². The van der Waals surface area contributed by atoms with Crippen molar-refractivity contribution in [2.75, 3.05) is 0 Å². The maximum atomic E-state index is 13.7. The lowest BCUT2D eigenvalue weighted by atomic mass is 9.99. The summed E-state index contributed by atoms with van der Waals surface area (Å²) in [4.78, 5) is 0. The highest BCUT2D eigenvalue weighted by atomic mass is 35.5. The van der Waals surface area contributed by atoms with Crippen LogP contribution >= 0.6 is 11.6 Å². The molecule has 0 aliphatic carbocycles. The van der Waals surface area contributed by atoms with Crippen molar-refractivity contribution in [3.63, 3.8) is 0 Å². The molecule has 0 amide bonds. The summed E-state index contributed by atoms with van der Waals surface area (Å²) >= 11 is 5.72. The van der Waals surface area contributed by atoms with E-state index in [2.05, 4.69) is 5.43 Å². The lowest BCUT2D eigenvalue weighted by Gasteiger charge is -2.15. The number of hydrazine groups is 1. The monoisotopic (exact) mass is 268 g/mol. The molecule has 1 unspecified atom stereocenters. The van der Waals surface area contributed by atoms with Crippen molar-refractivity contribution in [2.24, 2.45) is 5.84 Å². The topological polar surface area (TPSA) is 51.2 Å². The molecule has 0 aliphatic rings. The molecular weight excluding hydrogens is 255 g/mol. The molecule has 0 saturated carbocycles. The van der Waals surface area contributed by atoms with Gasteiger partial charge in [0.1, 0.15) is 11.6 Å². The maximum Gasteiger partial charge on any atom is 0.127 e. The Balaban J connectivity index is 2.23. The zero-order valence-corrected chi connectivity index (χ0v) is 10.7. The molecule has 0 saturated heterocycles. The van der Waals surface area contributed by atoms with E-state index in [4.69, 9.17) is 21.9 Å². The number of nitrogens with two attached hydrogens (primary N) is 1. The third-order valence-electron chi connectivity index (χ3n) is 2.91. The fourth-order valence-corrected chi connectivity index (χ4v) is 2.08. The Morgan fingerprint density at radius 2 is 2.22 bits per heavy atom. The normalized spacial score (nSPS) is 12.7. The molecule has 2 aromatic rings. The number of halogens is 2. The van der Waals surface area contributed by atoms with Crippen LogP contribution in [-0.4, -0.2) is 0 Å². The molecule has 0 fully saturated rings. The lowest BCUT2D eigenvalue weighted by molar-refractivity contribution is 0.495. The molecule has 3 N–H and O–H groups in total. The highest BCUT2D eigenvalue weighted by molar-refractivity contribution is 6.30. The number of aryl methyl sites for hydroxylation is 1. The summed E-state index contributed by atoms with van der Waals surface area (Å²) in [7, 11) is 0. The third-order valence-corrected chi connectivity index (χ3v) is 3.15. The summed E-state index contributed by atoms with van der Waals surface area (Å²) in [5, 5.41) is 0.382. The van der Waals surface area contributed by atoms with E-state index >= 15 is 0 Å². The lowest BCUT2D eigenvalue weighted by Crippen LogP contribution is -2.30. The van der Waals surface area contributed by atoms with Crippen LogP contribution in [0.25, 0.3) is 0 Å². The molecule has 96 valence electrons. The van der Waals surface area contributed by atoms with Gasteiger partial charge in [-0.05, 0) is 37.1 Å². The Labute approximate surface area is 110 Å². The molecule has 1 heterocycles. The first kappa shape index (κ1) is 13.1. The van der Waals surface area contributed by atoms with Gasteiger partial charge in [0.05, 0.1) is 12.3 Å². The van der Waals surface area contributed by atoms with Crippen LogP contribution in [0.5, 0.6) is 0 Å². The predicted molar refractivity (Wildman–Crippen MR) is 68.6 cm³/mol. The molecular formula is C13H14ClFN2O. The van der Waals surface area contributed by atoms with Crippen LogP contribution in [0.2, 0.25) is 5.02 Å². The van der Waals surface area contributed by atoms with Gasteiger partial charge in [-0.25, -0.2) is 4.39 Å². The zero-order chi connectivity index (χ0) is 13.1. The van der Waals surface area contributed by atoms with E-state index in [1.165, 1.54) is 6.07 Å². The van der Waals surface area contributed by atoms with E-state index in [1.54, 1.807) is 18.4 Å². The summed E-state index contributed by atoms with van der Waals surface area (Å²) < 4.78 is 18.9. The van der Waals surface area contributed by atoms with Gasteiger partial charge in [-0.15, -0.1) is 0 Å². The molecule has 1 aromatic heterocycles. The van der Waals surface area contributed by atoms with Crippen molar-refractivity contribution in [1.82, 2.24) is 5.43 Å². The molecule has 0 radical (unpaired) electrons. The molecule has 1 aromatic carbocycles. The highest BCUT2D eigenvalue weighted by Gasteiger charge is 2.16. The minimum absolute atomic E-state index is 0.195. The second-order valence-corrected chi connectivity index (χ2v) is 4.53. The standard InChI is InChI=1S/C13H14ClFN2O/c1-8-11(4-5-18-8)13(17-16)6-9-2-3-10(14)7-12(9)15/h2-5,7,13,17H,6,16H2,1H3. The van der Waals surface area contributed by atoms with Gasteiger partial charge in [0.15, 0.2) is 0 Å². The molecule has 2 rings (SSSR count). The van der Waals surface area contributed by atoms with Crippen molar-refractivity contribution in [3.05, 3.63) is 58.3 Å². The number of rotatable bonds is 4.